The van der Waals surface area contributed by atoms with Gasteiger partial charge in [0, 0.05) is 29.5 Å². The highest BCUT2D eigenvalue weighted by Crippen LogP contribution is 2.31. The summed E-state index contributed by atoms with van der Waals surface area (Å²) in [5.74, 6) is 0.0106. The number of ketones is 1. The van der Waals surface area contributed by atoms with Gasteiger partial charge >= 0.3 is 0 Å². The Labute approximate surface area is 132 Å². The minimum Gasteiger partial charge on any atom is -0.326 e. The second kappa shape index (κ2) is 7.08. The Morgan fingerprint density at radius 1 is 1.24 bits per heavy atom. The largest absolute Gasteiger partial charge is 0.326 e. The zero-order valence-corrected chi connectivity index (χ0v) is 14.2. The van der Waals surface area contributed by atoms with E-state index in [0.29, 0.717) is 23.6 Å². The Morgan fingerprint density at radius 3 is 2.33 bits per heavy atom. The first-order valence-electron chi connectivity index (χ1n) is 7.34. The minimum absolute atomic E-state index is 0.157. The van der Waals surface area contributed by atoms with E-state index in [-0.39, 0.29) is 17.1 Å². The van der Waals surface area contributed by atoms with E-state index in [9.17, 15) is 9.59 Å². The summed E-state index contributed by atoms with van der Waals surface area (Å²) in [5, 5.41) is 3.45. The third-order valence-corrected chi connectivity index (χ3v) is 4.34. The van der Waals surface area contributed by atoms with Gasteiger partial charge in [0.05, 0.1) is 0 Å². The molecule has 0 saturated carbocycles. The van der Waals surface area contributed by atoms with Gasteiger partial charge in [0.25, 0.3) is 0 Å². The van der Waals surface area contributed by atoms with Crippen LogP contribution in [-0.2, 0) is 22.4 Å². The number of hydrogen-bond acceptors (Lipinski definition) is 2. The molecular formula is C17H24ClNO2. The van der Waals surface area contributed by atoms with E-state index in [4.69, 9.17) is 11.6 Å². The lowest BCUT2D eigenvalue weighted by atomic mass is 9.82. The molecule has 0 atom stereocenters. The molecular weight excluding hydrogens is 286 g/mol. The van der Waals surface area contributed by atoms with Gasteiger partial charge in [-0.3, -0.25) is 9.59 Å². The number of anilines is 1. The average Bonchev–Trinajstić information content (AvgIpc) is 2.41. The van der Waals surface area contributed by atoms with Crippen molar-refractivity contribution in [2.45, 2.75) is 53.9 Å². The van der Waals surface area contributed by atoms with E-state index >= 15 is 0 Å². The van der Waals surface area contributed by atoms with E-state index in [1.807, 2.05) is 33.8 Å². The van der Waals surface area contributed by atoms with Crippen LogP contribution in [0.1, 0.15) is 52.2 Å². The highest BCUT2D eigenvalue weighted by molar-refractivity contribution is 6.32. The second-order valence-corrected chi connectivity index (χ2v) is 6.34. The van der Waals surface area contributed by atoms with Crippen LogP contribution in [0.15, 0.2) is 12.1 Å². The molecule has 1 aromatic rings. The number of carbonyl (C=O) groups excluding carboxylic acids is 2. The normalized spacial score (nSPS) is 11.3. The molecule has 0 aliphatic rings. The number of amides is 1. The van der Waals surface area contributed by atoms with Gasteiger partial charge in [-0.25, -0.2) is 0 Å². The summed E-state index contributed by atoms with van der Waals surface area (Å²) < 4.78 is 0. The number of hydrogen-bond donors (Lipinski definition) is 1. The maximum Gasteiger partial charge on any atom is 0.221 e. The molecule has 0 spiro atoms. The first kappa shape index (κ1) is 17.7. The van der Waals surface area contributed by atoms with Crippen LogP contribution in [0, 0.1) is 5.41 Å². The fourth-order valence-electron chi connectivity index (χ4n) is 2.11. The number of nitrogens with one attached hydrogen (secondary N) is 1. The van der Waals surface area contributed by atoms with Gasteiger partial charge in [0.1, 0.15) is 5.78 Å². The van der Waals surface area contributed by atoms with Crippen LogP contribution < -0.4 is 5.32 Å². The van der Waals surface area contributed by atoms with E-state index in [1.165, 1.54) is 6.92 Å². The van der Waals surface area contributed by atoms with Crippen LogP contribution in [0.5, 0.6) is 0 Å². The summed E-state index contributed by atoms with van der Waals surface area (Å²) in [7, 11) is 0. The highest BCUT2D eigenvalue weighted by atomic mass is 35.5. The van der Waals surface area contributed by atoms with Crippen LogP contribution in [0.4, 0.5) is 5.69 Å². The van der Waals surface area contributed by atoms with Crippen molar-refractivity contribution >= 4 is 29.0 Å². The molecule has 1 rings (SSSR count). The number of halogens is 1. The van der Waals surface area contributed by atoms with E-state index in [0.717, 1.165) is 17.5 Å². The van der Waals surface area contributed by atoms with E-state index in [1.54, 1.807) is 6.07 Å². The Balaban J connectivity index is 3.23. The van der Waals surface area contributed by atoms with Crippen molar-refractivity contribution in [3.05, 3.63) is 28.3 Å². The molecule has 1 amide bonds. The Kier molecular flexibility index (Phi) is 5.97. The summed E-state index contributed by atoms with van der Waals surface area (Å²) >= 11 is 6.20. The smallest absolute Gasteiger partial charge is 0.221 e. The van der Waals surface area contributed by atoms with Gasteiger partial charge in [-0.15, -0.1) is 0 Å². The predicted molar refractivity (Wildman–Crippen MR) is 87.9 cm³/mol. The number of carbonyl (C=O) groups is 2. The first-order chi connectivity index (χ1) is 9.72. The van der Waals surface area contributed by atoms with Crippen LogP contribution in [0.2, 0.25) is 5.02 Å². The molecule has 0 fully saturated rings. The lowest BCUT2D eigenvalue weighted by molar-refractivity contribution is -0.126. The maximum atomic E-state index is 12.4. The topological polar surface area (TPSA) is 46.2 Å². The van der Waals surface area contributed by atoms with Gasteiger partial charge in [0.15, 0.2) is 0 Å². The third kappa shape index (κ3) is 4.31. The molecule has 116 valence electrons. The van der Waals surface area contributed by atoms with E-state index < -0.39 is 0 Å². The molecule has 1 N–H and O–H groups in total. The standard InChI is InChI=1S/C17H24ClNO2/c1-6-13-14(18)9-8-12(16(13)19-11(3)20)10-15(21)17(4,5)7-2/h8-9H,6-7,10H2,1-5H3,(H,19,20). The van der Waals surface area contributed by atoms with Crippen molar-refractivity contribution in [3.8, 4) is 0 Å². The van der Waals surface area contributed by atoms with Crippen molar-refractivity contribution in [1.29, 1.82) is 0 Å². The fourth-order valence-corrected chi connectivity index (χ4v) is 2.40. The van der Waals surface area contributed by atoms with Gasteiger partial charge in [-0.05, 0) is 30.0 Å². The van der Waals surface area contributed by atoms with Crippen molar-refractivity contribution in [2.75, 3.05) is 5.32 Å². The monoisotopic (exact) mass is 309 g/mol. The van der Waals surface area contributed by atoms with Gasteiger partial charge < -0.3 is 5.32 Å². The quantitative estimate of drug-likeness (QED) is 0.846. The molecule has 1 aromatic carbocycles. The number of Topliss-reactive ketones (excluding diaryl/α,β-unsaturated/α-hetero) is 1. The molecule has 3 nitrogen and oxygen atoms in total. The molecule has 0 bridgehead atoms. The van der Waals surface area contributed by atoms with Crippen molar-refractivity contribution in [3.63, 3.8) is 0 Å². The number of rotatable bonds is 6. The van der Waals surface area contributed by atoms with Gasteiger partial charge in [-0.1, -0.05) is 45.4 Å². The van der Waals surface area contributed by atoms with E-state index in [2.05, 4.69) is 5.32 Å². The Morgan fingerprint density at radius 2 is 1.86 bits per heavy atom. The van der Waals surface area contributed by atoms with Crippen molar-refractivity contribution in [1.82, 2.24) is 0 Å². The molecule has 0 saturated heterocycles. The van der Waals surface area contributed by atoms with Gasteiger partial charge in [0.2, 0.25) is 5.91 Å². The second-order valence-electron chi connectivity index (χ2n) is 5.93. The molecule has 0 aromatic heterocycles. The van der Waals surface area contributed by atoms with Crippen molar-refractivity contribution in [2.24, 2.45) is 5.41 Å². The van der Waals surface area contributed by atoms with Crippen LogP contribution in [-0.4, -0.2) is 11.7 Å². The summed E-state index contributed by atoms with van der Waals surface area (Å²) in [6, 6.07) is 3.63. The molecule has 0 aliphatic heterocycles. The molecule has 4 heteroatoms. The van der Waals surface area contributed by atoms with Crippen molar-refractivity contribution < 1.29 is 9.59 Å². The van der Waals surface area contributed by atoms with Crippen LogP contribution >= 0.6 is 11.6 Å². The maximum absolute atomic E-state index is 12.4. The lowest BCUT2D eigenvalue weighted by Gasteiger charge is -2.22. The minimum atomic E-state index is -0.362. The molecule has 0 radical (unpaired) electrons. The fraction of sp³-hybridized carbons (Fsp3) is 0.529. The zero-order valence-electron chi connectivity index (χ0n) is 13.5. The summed E-state index contributed by atoms with van der Waals surface area (Å²) in [5.41, 5.74) is 2.04. The molecule has 0 unspecified atom stereocenters. The summed E-state index contributed by atoms with van der Waals surface area (Å²) in [6.45, 7) is 9.34. The zero-order chi connectivity index (χ0) is 16.2. The first-order valence-corrected chi connectivity index (χ1v) is 7.71. The Hall–Kier alpha value is -1.35. The molecule has 0 aliphatic carbocycles. The lowest BCUT2D eigenvalue weighted by Crippen LogP contribution is -2.25. The van der Waals surface area contributed by atoms with Gasteiger partial charge in [-0.2, -0.15) is 0 Å². The molecule has 0 heterocycles. The van der Waals surface area contributed by atoms with Crippen LogP contribution in [0.25, 0.3) is 0 Å². The molecule has 21 heavy (non-hydrogen) atoms. The summed E-state index contributed by atoms with van der Waals surface area (Å²) in [4.78, 5) is 23.9. The predicted octanol–water partition coefficient (Wildman–Crippen LogP) is 4.41. The summed E-state index contributed by atoms with van der Waals surface area (Å²) in [6.07, 6.45) is 1.80. The average molecular weight is 310 g/mol. The van der Waals surface area contributed by atoms with Crippen LogP contribution in [0.3, 0.4) is 0 Å². The SMILES string of the molecule is CCc1c(Cl)ccc(CC(=O)C(C)(C)CC)c1NC(C)=O. The third-order valence-electron chi connectivity index (χ3n) is 3.99. The Bertz CT molecular complexity index is 550. The highest BCUT2D eigenvalue weighted by Gasteiger charge is 2.26. The number of benzene rings is 1.